The van der Waals surface area contributed by atoms with E-state index in [0.29, 0.717) is 37.3 Å². The molecule has 32 heavy (non-hydrogen) atoms. The Morgan fingerprint density at radius 3 is 2.59 bits per heavy atom. The van der Waals surface area contributed by atoms with Crippen molar-refractivity contribution in [2.75, 3.05) is 13.1 Å². The Bertz CT molecular complexity index is 990. The molecule has 1 aromatic carbocycles. The highest BCUT2D eigenvalue weighted by atomic mass is 127. The zero-order chi connectivity index (χ0) is 22.1. The predicted molar refractivity (Wildman–Crippen MR) is 136 cm³/mol. The van der Waals surface area contributed by atoms with Gasteiger partial charge in [0.15, 0.2) is 5.96 Å². The molecule has 0 saturated carbocycles. The summed E-state index contributed by atoms with van der Waals surface area (Å²) >= 11 is 0. The van der Waals surface area contributed by atoms with E-state index >= 15 is 0 Å². The molecule has 0 aliphatic rings. The highest BCUT2D eigenvalue weighted by Crippen LogP contribution is 2.22. The minimum Gasteiger partial charge on any atom is -0.473 e. The van der Waals surface area contributed by atoms with Crippen molar-refractivity contribution in [1.82, 2.24) is 15.6 Å². The molecule has 1 unspecified atom stereocenters. The summed E-state index contributed by atoms with van der Waals surface area (Å²) in [6, 6.07) is 17.4. The summed E-state index contributed by atoms with van der Waals surface area (Å²) in [4.78, 5) is 8.99. The summed E-state index contributed by atoms with van der Waals surface area (Å²) in [6.45, 7) is 7.31. The average Bonchev–Trinajstić information content (AvgIpc) is 3.23. The van der Waals surface area contributed by atoms with Crippen LogP contribution in [0.5, 0.6) is 5.88 Å². The van der Waals surface area contributed by atoms with Gasteiger partial charge in [-0.2, -0.15) is 0 Å². The lowest BCUT2D eigenvalue weighted by molar-refractivity contribution is 0.0378. The Labute approximate surface area is 206 Å². The van der Waals surface area contributed by atoms with Crippen LogP contribution >= 0.6 is 24.0 Å². The van der Waals surface area contributed by atoms with Gasteiger partial charge in [0.25, 0.3) is 0 Å². The average molecular weight is 550 g/mol. The maximum atomic E-state index is 10.8. The fraction of sp³-hybridized carbons (Fsp3) is 0.333. The van der Waals surface area contributed by atoms with Gasteiger partial charge in [-0.1, -0.05) is 36.4 Å². The van der Waals surface area contributed by atoms with Crippen molar-refractivity contribution < 1.29 is 14.3 Å². The smallest absolute Gasteiger partial charge is 0.218 e. The number of guanidine groups is 1. The van der Waals surface area contributed by atoms with E-state index in [-0.39, 0.29) is 30.5 Å². The van der Waals surface area contributed by atoms with Gasteiger partial charge in [-0.3, -0.25) is 0 Å². The number of rotatable bonds is 9. The van der Waals surface area contributed by atoms with Gasteiger partial charge in [-0.25, -0.2) is 9.98 Å². The number of hydrogen-bond acceptors (Lipinski definition) is 5. The third kappa shape index (κ3) is 7.52. The van der Waals surface area contributed by atoms with Crippen LogP contribution in [0, 0.1) is 6.92 Å². The van der Waals surface area contributed by atoms with Crippen LogP contribution < -0.4 is 15.4 Å². The first-order valence-corrected chi connectivity index (χ1v) is 10.4. The number of ether oxygens (including phenoxy) is 1. The topological polar surface area (TPSA) is 91.9 Å². The normalized spacial score (nSPS) is 13.1. The number of aryl methyl sites for hydroxylation is 1. The molecule has 2 heterocycles. The van der Waals surface area contributed by atoms with E-state index in [9.17, 15) is 5.11 Å². The lowest BCUT2D eigenvalue weighted by atomic mass is 10.0. The second-order valence-corrected chi connectivity index (χ2v) is 7.47. The number of aromatic nitrogens is 1. The highest BCUT2D eigenvalue weighted by molar-refractivity contribution is 14.0. The number of nitrogens with zero attached hydrogens (tertiary/aromatic N) is 2. The van der Waals surface area contributed by atoms with Crippen LogP contribution in [0.4, 0.5) is 0 Å². The largest absolute Gasteiger partial charge is 0.473 e. The van der Waals surface area contributed by atoms with Crippen molar-refractivity contribution in [2.24, 2.45) is 4.99 Å². The van der Waals surface area contributed by atoms with Crippen molar-refractivity contribution in [3.63, 3.8) is 0 Å². The quantitative estimate of drug-likeness (QED) is 0.211. The van der Waals surface area contributed by atoms with Crippen molar-refractivity contribution in [3.05, 3.63) is 83.4 Å². The molecule has 0 saturated heterocycles. The molecule has 1 atom stereocenters. The number of benzene rings is 1. The molecule has 172 valence electrons. The molecular weight excluding hydrogens is 519 g/mol. The summed E-state index contributed by atoms with van der Waals surface area (Å²) in [6.07, 6.45) is 1.71. The van der Waals surface area contributed by atoms with Gasteiger partial charge in [0.05, 0.1) is 13.1 Å². The Balaban J connectivity index is 0.00000363. The van der Waals surface area contributed by atoms with Crippen LogP contribution in [0.1, 0.15) is 36.5 Å². The first kappa shape index (κ1) is 25.7. The molecule has 0 amide bonds. The first-order chi connectivity index (χ1) is 15.0. The number of furan rings is 1. The Morgan fingerprint density at radius 2 is 1.91 bits per heavy atom. The van der Waals surface area contributed by atoms with E-state index in [4.69, 9.17) is 9.15 Å². The highest BCUT2D eigenvalue weighted by Gasteiger charge is 2.27. The zero-order valence-corrected chi connectivity index (χ0v) is 21.0. The van der Waals surface area contributed by atoms with Gasteiger partial charge in [-0.05, 0) is 44.5 Å². The second kappa shape index (κ2) is 12.4. The zero-order valence-electron chi connectivity index (χ0n) is 18.7. The third-order valence-corrected chi connectivity index (χ3v) is 4.69. The SMILES string of the molecule is CCNC(=NCc1cccnc1OCc1ccccc1)NCC(C)(O)c1ccc(C)o1.I. The number of pyridine rings is 1. The maximum absolute atomic E-state index is 10.8. The van der Waals surface area contributed by atoms with E-state index in [1.807, 2.05) is 62.4 Å². The van der Waals surface area contributed by atoms with E-state index < -0.39 is 5.60 Å². The Hall–Kier alpha value is -2.59. The number of aliphatic hydroxyl groups is 1. The Morgan fingerprint density at radius 1 is 1.12 bits per heavy atom. The lowest BCUT2D eigenvalue weighted by Crippen LogP contribution is -2.44. The molecule has 3 N–H and O–H groups in total. The van der Waals surface area contributed by atoms with E-state index in [2.05, 4.69) is 20.6 Å². The molecule has 0 radical (unpaired) electrons. The summed E-state index contributed by atoms with van der Waals surface area (Å²) in [5, 5.41) is 17.1. The van der Waals surface area contributed by atoms with Gasteiger partial charge < -0.3 is 24.9 Å². The molecule has 2 aromatic heterocycles. The molecule has 0 spiro atoms. The number of halogens is 1. The van der Waals surface area contributed by atoms with E-state index in [0.717, 1.165) is 16.9 Å². The fourth-order valence-electron chi connectivity index (χ4n) is 2.97. The monoisotopic (exact) mass is 550 g/mol. The lowest BCUT2D eigenvalue weighted by Gasteiger charge is -2.23. The molecule has 0 aliphatic heterocycles. The van der Waals surface area contributed by atoms with E-state index in [1.54, 1.807) is 19.2 Å². The van der Waals surface area contributed by atoms with Crippen molar-refractivity contribution in [1.29, 1.82) is 0 Å². The predicted octanol–water partition coefficient (Wildman–Crippen LogP) is 4.14. The van der Waals surface area contributed by atoms with Gasteiger partial charge >= 0.3 is 0 Å². The van der Waals surface area contributed by atoms with Crippen LogP contribution in [0.25, 0.3) is 0 Å². The van der Waals surface area contributed by atoms with Crippen LogP contribution in [-0.2, 0) is 18.8 Å². The number of nitrogens with one attached hydrogen (secondary N) is 2. The molecule has 3 aromatic rings. The Kier molecular flexibility index (Phi) is 9.98. The van der Waals surface area contributed by atoms with Crippen LogP contribution in [0.3, 0.4) is 0 Å². The van der Waals surface area contributed by atoms with Gasteiger partial charge in [-0.15, -0.1) is 24.0 Å². The summed E-state index contributed by atoms with van der Waals surface area (Å²) in [5.74, 6) is 2.42. The molecule has 7 nitrogen and oxygen atoms in total. The summed E-state index contributed by atoms with van der Waals surface area (Å²) < 4.78 is 11.5. The van der Waals surface area contributed by atoms with Gasteiger partial charge in [0, 0.05) is 18.3 Å². The second-order valence-electron chi connectivity index (χ2n) is 7.47. The number of aliphatic imine (C=N–C) groups is 1. The summed E-state index contributed by atoms with van der Waals surface area (Å²) in [5.41, 5.74) is 0.792. The maximum Gasteiger partial charge on any atom is 0.218 e. The third-order valence-electron chi connectivity index (χ3n) is 4.69. The minimum atomic E-state index is -1.16. The molecule has 3 rings (SSSR count). The van der Waals surface area contributed by atoms with Gasteiger partial charge in [0.2, 0.25) is 5.88 Å². The van der Waals surface area contributed by atoms with Crippen molar-refractivity contribution in [2.45, 2.75) is 39.5 Å². The first-order valence-electron chi connectivity index (χ1n) is 10.4. The van der Waals surface area contributed by atoms with Crippen LogP contribution in [0.15, 0.2) is 70.2 Å². The molecule has 0 bridgehead atoms. The molecule has 0 fully saturated rings. The number of hydrogen-bond donors (Lipinski definition) is 3. The molecule has 0 aliphatic carbocycles. The van der Waals surface area contributed by atoms with Crippen LogP contribution in [-0.4, -0.2) is 29.1 Å². The fourth-order valence-corrected chi connectivity index (χ4v) is 2.97. The van der Waals surface area contributed by atoms with E-state index in [1.165, 1.54) is 0 Å². The van der Waals surface area contributed by atoms with Crippen molar-refractivity contribution >= 4 is 29.9 Å². The molecule has 8 heteroatoms. The van der Waals surface area contributed by atoms with Crippen LogP contribution in [0.2, 0.25) is 0 Å². The van der Waals surface area contributed by atoms with Gasteiger partial charge in [0.1, 0.15) is 23.7 Å². The standard InChI is InChI=1S/C24H30N4O3.HI/c1-4-25-23(28-17-24(3,29)21-13-12-18(2)31-21)27-15-20-11-8-14-26-22(20)30-16-19-9-6-5-7-10-19;/h5-14,29H,4,15-17H2,1-3H3,(H2,25,27,28);1H. The summed E-state index contributed by atoms with van der Waals surface area (Å²) in [7, 11) is 0. The van der Waals surface area contributed by atoms with Crippen molar-refractivity contribution in [3.8, 4) is 5.88 Å². The minimum absolute atomic E-state index is 0. The molecular formula is C24H31IN4O3.